The van der Waals surface area contributed by atoms with Gasteiger partial charge in [0.15, 0.2) is 0 Å². The Morgan fingerprint density at radius 2 is 2.25 bits per heavy atom. The fourth-order valence-corrected chi connectivity index (χ4v) is 2.71. The number of ether oxygens (including phenoxy) is 1. The number of amides is 1. The zero-order valence-corrected chi connectivity index (χ0v) is 10.4. The van der Waals surface area contributed by atoms with E-state index in [0.29, 0.717) is 0 Å². The van der Waals surface area contributed by atoms with Crippen molar-refractivity contribution in [3.63, 3.8) is 0 Å². The van der Waals surface area contributed by atoms with Crippen LogP contribution in [-0.4, -0.2) is 37.7 Å². The van der Waals surface area contributed by atoms with Gasteiger partial charge in [-0.2, -0.15) is 0 Å². The molecule has 2 aliphatic rings. The SMILES string of the molecule is COC1CC(NC(=O)[C@H]2CCCN2)C1(C)C. The molecule has 92 valence electrons. The fraction of sp³-hybridized carbons (Fsp3) is 0.917. The molecule has 1 heterocycles. The number of carbonyl (C=O) groups is 1. The molecule has 2 N–H and O–H groups in total. The lowest BCUT2D eigenvalue weighted by atomic mass is 9.64. The summed E-state index contributed by atoms with van der Waals surface area (Å²) in [4.78, 5) is 11.9. The van der Waals surface area contributed by atoms with E-state index >= 15 is 0 Å². The zero-order chi connectivity index (χ0) is 11.8. The smallest absolute Gasteiger partial charge is 0.237 e. The Morgan fingerprint density at radius 1 is 1.50 bits per heavy atom. The molecule has 4 heteroatoms. The zero-order valence-electron chi connectivity index (χ0n) is 10.4. The Bertz CT molecular complexity index is 272. The van der Waals surface area contributed by atoms with Crippen LogP contribution in [0.1, 0.15) is 33.1 Å². The third kappa shape index (κ3) is 1.96. The van der Waals surface area contributed by atoms with Crippen molar-refractivity contribution >= 4 is 5.91 Å². The normalized spacial score (nSPS) is 36.8. The maximum Gasteiger partial charge on any atom is 0.237 e. The Morgan fingerprint density at radius 3 is 2.75 bits per heavy atom. The van der Waals surface area contributed by atoms with E-state index in [0.717, 1.165) is 25.8 Å². The lowest BCUT2D eigenvalue weighted by molar-refractivity contribution is -0.134. The van der Waals surface area contributed by atoms with E-state index < -0.39 is 0 Å². The van der Waals surface area contributed by atoms with Crippen LogP contribution in [0, 0.1) is 5.41 Å². The van der Waals surface area contributed by atoms with Gasteiger partial charge in [0.05, 0.1) is 12.1 Å². The summed E-state index contributed by atoms with van der Waals surface area (Å²) < 4.78 is 5.37. The molecule has 2 unspecified atom stereocenters. The molecule has 4 nitrogen and oxygen atoms in total. The largest absolute Gasteiger partial charge is 0.381 e. The molecule has 2 rings (SSSR count). The average molecular weight is 226 g/mol. The molecule has 1 saturated carbocycles. The number of hydrogen-bond acceptors (Lipinski definition) is 3. The summed E-state index contributed by atoms with van der Waals surface area (Å²) in [6.45, 7) is 5.27. The Labute approximate surface area is 97.1 Å². The van der Waals surface area contributed by atoms with E-state index in [9.17, 15) is 4.79 Å². The number of hydrogen-bond donors (Lipinski definition) is 2. The van der Waals surface area contributed by atoms with Crippen LogP contribution in [0.3, 0.4) is 0 Å². The van der Waals surface area contributed by atoms with Crippen molar-refractivity contribution in [2.24, 2.45) is 5.41 Å². The van der Waals surface area contributed by atoms with Crippen molar-refractivity contribution in [2.75, 3.05) is 13.7 Å². The Hall–Kier alpha value is -0.610. The number of methoxy groups -OCH3 is 1. The van der Waals surface area contributed by atoms with Gasteiger partial charge in [-0.25, -0.2) is 0 Å². The minimum atomic E-state index is 0.0254. The van der Waals surface area contributed by atoms with E-state index in [4.69, 9.17) is 4.74 Å². The minimum absolute atomic E-state index is 0.0254. The van der Waals surface area contributed by atoms with E-state index in [-0.39, 0.29) is 29.5 Å². The first kappa shape index (κ1) is 11.9. The topological polar surface area (TPSA) is 50.4 Å². The average Bonchev–Trinajstić information content (AvgIpc) is 2.76. The van der Waals surface area contributed by atoms with Crippen molar-refractivity contribution in [1.29, 1.82) is 0 Å². The maximum atomic E-state index is 11.9. The van der Waals surface area contributed by atoms with E-state index in [1.165, 1.54) is 0 Å². The third-order valence-corrected chi connectivity index (χ3v) is 4.16. The summed E-state index contributed by atoms with van der Waals surface area (Å²) >= 11 is 0. The standard InChI is InChI=1S/C12H22N2O2/c1-12(2)9(7-10(12)16-3)14-11(15)8-5-4-6-13-8/h8-10,13H,4-7H2,1-3H3,(H,14,15)/t8-,9?,10?/m1/s1. The summed E-state index contributed by atoms with van der Waals surface area (Å²) in [7, 11) is 1.74. The van der Waals surface area contributed by atoms with Gasteiger partial charge >= 0.3 is 0 Å². The second-order valence-electron chi connectivity index (χ2n) is 5.49. The van der Waals surface area contributed by atoms with E-state index in [2.05, 4.69) is 24.5 Å². The quantitative estimate of drug-likeness (QED) is 0.743. The van der Waals surface area contributed by atoms with Crippen LogP contribution in [0.5, 0.6) is 0 Å². The minimum Gasteiger partial charge on any atom is -0.381 e. The first-order chi connectivity index (χ1) is 7.55. The lowest BCUT2D eigenvalue weighted by Gasteiger charge is -2.51. The van der Waals surface area contributed by atoms with Crippen molar-refractivity contribution in [1.82, 2.24) is 10.6 Å². The summed E-state index contributed by atoms with van der Waals surface area (Å²) in [5, 5.41) is 6.35. The first-order valence-corrected chi connectivity index (χ1v) is 6.12. The molecule has 3 atom stereocenters. The van der Waals surface area contributed by atoms with Crippen molar-refractivity contribution < 1.29 is 9.53 Å². The van der Waals surface area contributed by atoms with Crippen molar-refractivity contribution in [3.8, 4) is 0 Å². The van der Waals surface area contributed by atoms with Gasteiger partial charge in [-0.05, 0) is 25.8 Å². The lowest BCUT2D eigenvalue weighted by Crippen LogP contribution is -2.63. The molecule has 0 aromatic rings. The van der Waals surface area contributed by atoms with Gasteiger partial charge < -0.3 is 15.4 Å². The molecular weight excluding hydrogens is 204 g/mol. The van der Waals surface area contributed by atoms with Gasteiger partial charge in [0.2, 0.25) is 5.91 Å². The van der Waals surface area contributed by atoms with E-state index in [1.54, 1.807) is 7.11 Å². The van der Waals surface area contributed by atoms with Crippen LogP contribution >= 0.6 is 0 Å². The van der Waals surface area contributed by atoms with Crippen LogP contribution in [0.15, 0.2) is 0 Å². The van der Waals surface area contributed by atoms with Crippen LogP contribution in [0.25, 0.3) is 0 Å². The molecule has 2 fully saturated rings. The monoisotopic (exact) mass is 226 g/mol. The van der Waals surface area contributed by atoms with Crippen LogP contribution < -0.4 is 10.6 Å². The molecule has 16 heavy (non-hydrogen) atoms. The number of rotatable bonds is 3. The second-order valence-corrected chi connectivity index (χ2v) is 5.49. The molecule has 1 aliphatic heterocycles. The van der Waals surface area contributed by atoms with Gasteiger partial charge in [-0.15, -0.1) is 0 Å². The van der Waals surface area contributed by atoms with Crippen LogP contribution in [0.2, 0.25) is 0 Å². The summed E-state index contributed by atoms with van der Waals surface area (Å²) in [6, 6.07) is 0.282. The third-order valence-electron chi connectivity index (χ3n) is 4.16. The molecule has 0 aromatic heterocycles. The summed E-state index contributed by atoms with van der Waals surface area (Å²) in [5.41, 5.74) is 0.0585. The predicted molar refractivity (Wildman–Crippen MR) is 62.2 cm³/mol. The molecule has 1 saturated heterocycles. The Kier molecular flexibility index (Phi) is 3.22. The molecule has 1 aliphatic carbocycles. The van der Waals surface area contributed by atoms with Gasteiger partial charge in [0.1, 0.15) is 0 Å². The Balaban J connectivity index is 1.84. The molecule has 1 amide bonds. The highest BCUT2D eigenvalue weighted by Gasteiger charge is 2.49. The molecule has 0 spiro atoms. The van der Waals surface area contributed by atoms with Crippen LogP contribution in [-0.2, 0) is 9.53 Å². The first-order valence-electron chi connectivity index (χ1n) is 6.12. The summed E-state index contributed by atoms with van der Waals surface area (Å²) in [6.07, 6.45) is 3.27. The van der Waals surface area contributed by atoms with Gasteiger partial charge in [0, 0.05) is 18.6 Å². The predicted octanol–water partition coefficient (Wildman–Crippen LogP) is 0.668. The number of nitrogens with one attached hydrogen (secondary N) is 2. The van der Waals surface area contributed by atoms with Gasteiger partial charge in [0.25, 0.3) is 0 Å². The van der Waals surface area contributed by atoms with Crippen molar-refractivity contribution in [2.45, 2.75) is 51.3 Å². The van der Waals surface area contributed by atoms with Gasteiger partial charge in [-0.3, -0.25) is 4.79 Å². The number of carbonyl (C=O) groups excluding carboxylic acids is 1. The molecule has 0 radical (unpaired) electrons. The highest BCUT2D eigenvalue weighted by atomic mass is 16.5. The van der Waals surface area contributed by atoms with E-state index in [1.807, 2.05) is 0 Å². The highest BCUT2D eigenvalue weighted by molar-refractivity contribution is 5.82. The summed E-state index contributed by atoms with van der Waals surface area (Å²) in [5.74, 6) is 0.158. The van der Waals surface area contributed by atoms with Crippen LogP contribution in [0.4, 0.5) is 0 Å². The second kappa shape index (κ2) is 4.34. The molecule has 0 aromatic carbocycles. The van der Waals surface area contributed by atoms with Crippen molar-refractivity contribution in [3.05, 3.63) is 0 Å². The van der Waals surface area contributed by atoms with Gasteiger partial charge in [-0.1, -0.05) is 13.8 Å². The molecule has 0 bridgehead atoms. The highest BCUT2D eigenvalue weighted by Crippen LogP contribution is 2.42. The molecular formula is C12H22N2O2. The maximum absolute atomic E-state index is 11.9. The fourth-order valence-electron chi connectivity index (χ4n) is 2.71.